The zero-order valence-electron chi connectivity index (χ0n) is 20.7. The van der Waals surface area contributed by atoms with Crippen LogP contribution in [-0.2, 0) is 11.2 Å². The Bertz CT molecular complexity index is 1400. The Balaban J connectivity index is 1.76. The Hall–Kier alpha value is -3.48. The number of aliphatic carboxylic acids is 1. The van der Waals surface area contributed by atoms with Crippen LogP contribution in [-0.4, -0.2) is 37.4 Å². The molecule has 0 aliphatic rings. The predicted molar refractivity (Wildman–Crippen MR) is 146 cm³/mol. The molecule has 4 aromatic rings. The maximum atomic E-state index is 12.6. The number of benzene rings is 3. The second kappa shape index (κ2) is 11.7. The summed E-state index contributed by atoms with van der Waals surface area (Å²) < 4.78 is 16.2. The van der Waals surface area contributed by atoms with E-state index in [2.05, 4.69) is 4.98 Å². The Morgan fingerprint density at radius 3 is 2.14 bits per heavy atom. The molecule has 0 aliphatic carbocycles. The van der Waals surface area contributed by atoms with Crippen LogP contribution in [0.1, 0.15) is 34.9 Å². The van der Waals surface area contributed by atoms with Crippen LogP contribution in [0.3, 0.4) is 0 Å². The fourth-order valence-electron chi connectivity index (χ4n) is 4.57. The third-order valence-corrected chi connectivity index (χ3v) is 7.23. The molecule has 0 saturated heterocycles. The van der Waals surface area contributed by atoms with E-state index in [1.807, 2.05) is 54.6 Å². The van der Waals surface area contributed by atoms with Crippen LogP contribution in [0.4, 0.5) is 0 Å². The van der Waals surface area contributed by atoms with Crippen molar-refractivity contribution in [3.05, 3.63) is 93.7 Å². The molecule has 0 unspecified atom stereocenters. The second-order valence-corrected chi connectivity index (χ2v) is 9.51. The molecular formula is C29H27Cl2NO5. The molecule has 0 spiro atoms. The zero-order chi connectivity index (χ0) is 26.5. The van der Waals surface area contributed by atoms with Gasteiger partial charge in [-0.1, -0.05) is 53.5 Å². The molecule has 8 heteroatoms. The van der Waals surface area contributed by atoms with E-state index in [0.29, 0.717) is 45.5 Å². The lowest BCUT2D eigenvalue weighted by molar-refractivity contribution is -0.139. The highest BCUT2D eigenvalue weighted by atomic mass is 35.5. The van der Waals surface area contributed by atoms with Gasteiger partial charge in [-0.05, 0) is 70.5 Å². The average Bonchev–Trinajstić information content (AvgIpc) is 2.91. The maximum absolute atomic E-state index is 12.6. The summed E-state index contributed by atoms with van der Waals surface area (Å²) in [6.07, 6.45) is 3.81. The normalized spacial score (nSPS) is 12.7. The SMILES string of the molecule is COc1ccc2cc([C@@H](C[C@@H](Cc3c(Cl)cncc3Cl)c3ccc(OC)c(OC)c3)C(=O)O)ccc2c1. The minimum absolute atomic E-state index is 0.245. The van der Waals surface area contributed by atoms with Crippen LogP contribution in [0.2, 0.25) is 10.0 Å². The summed E-state index contributed by atoms with van der Waals surface area (Å²) in [7, 11) is 4.75. The highest BCUT2D eigenvalue weighted by Crippen LogP contribution is 2.39. The summed E-state index contributed by atoms with van der Waals surface area (Å²) in [6.45, 7) is 0. The number of carboxylic acids is 1. The van der Waals surface area contributed by atoms with Gasteiger partial charge < -0.3 is 19.3 Å². The van der Waals surface area contributed by atoms with Gasteiger partial charge in [-0.25, -0.2) is 0 Å². The fourth-order valence-corrected chi connectivity index (χ4v) is 5.09. The lowest BCUT2D eigenvalue weighted by Gasteiger charge is -2.24. The van der Waals surface area contributed by atoms with Gasteiger partial charge in [-0.15, -0.1) is 0 Å². The van der Waals surface area contributed by atoms with E-state index in [4.69, 9.17) is 37.4 Å². The first-order valence-corrected chi connectivity index (χ1v) is 12.4. The molecule has 192 valence electrons. The van der Waals surface area contributed by atoms with Crippen molar-refractivity contribution in [2.45, 2.75) is 24.7 Å². The van der Waals surface area contributed by atoms with Crippen LogP contribution < -0.4 is 14.2 Å². The lowest BCUT2D eigenvalue weighted by atomic mass is 9.81. The van der Waals surface area contributed by atoms with Gasteiger partial charge in [-0.2, -0.15) is 0 Å². The number of rotatable bonds is 10. The van der Waals surface area contributed by atoms with E-state index in [1.54, 1.807) is 33.7 Å². The number of carboxylic acid groups (broad SMARTS) is 1. The first-order valence-electron chi connectivity index (χ1n) is 11.6. The molecule has 37 heavy (non-hydrogen) atoms. The lowest BCUT2D eigenvalue weighted by Crippen LogP contribution is -2.17. The highest BCUT2D eigenvalue weighted by molar-refractivity contribution is 6.35. The highest BCUT2D eigenvalue weighted by Gasteiger charge is 2.28. The van der Waals surface area contributed by atoms with Crippen molar-refractivity contribution in [3.8, 4) is 17.2 Å². The third-order valence-electron chi connectivity index (χ3n) is 6.57. The smallest absolute Gasteiger partial charge is 0.310 e. The van der Waals surface area contributed by atoms with Crippen molar-refractivity contribution in [1.29, 1.82) is 0 Å². The summed E-state index contributed by atoms with van der Waals surface area (Å²) in [5.41, 5.74) is 2.31. The number of halogens is 2. The minimum Gasteiger partial charge on any atom is -0.497 e. The Morgan fingerprint density at radius 1 is 0.838 bits per heavy atom. The van der Waals surface area contributed by atoms with Gasteiger partial charge >= 0.3 is 5.97 Å². The number of aromatic nitrogens is 1. The third kappa shape index (κ3) is 5.92. The largest absolute Gasteiger partial charge is 0.497 e. The first kappa shape index (κ1) is 26.6. The van der Waals surface area contributed by atoms with E-state index in [1.165, 1.54) is 0 Å². The Morgan fingerprint density at radius 2 is 1.49 bits per heavy atom. The predicted octanol–water partition coefficient (Wildman–Crippen LogP) is 7.15. The molecule has 3 aromatic carbocycles. The number of methoxy groups -OCH3 is 3. The molecule has 1 heterocycles. The van der Waals surface area contributed by atoms with E-state index in [0.717, 1.165) is 22.1 Å². The number of pyridine rings is 1. The van der Waals surface area contributed by atoms with Gasteiger partial charge in [0.1, 0.15) is 5.75 Å². The molecule has 0 radical (unpaired) electrons. The molecule has 2 atom stereocenters. The molecule has 4 rings (SSSR count). The van der Waals surface area contributed by atoms with E-state index >= 15 is 0 Å². The van der Waals surface area contributed by atoms with Crippen molar-refractivity contribution in [3.63, 3.8) is 0 Å². The van der Waals surface area contributed by atoms with Gasteiger partial charge in [0.25, 0.3) is 0 Å². The number of fused-ring (bicyclic) bond motifs is 1. The van der Waals surface area contributed by atoms with Gasteiger partial charge in [-0.3, -0.25) is 9.78 Å². The van der Waals surface area contributed by atoms with Gasteiger partial charge in [0.15, 0.2) is 11.5 Å². The van der Waals surface area contributed by atoms with Crippen LogP contribution in [0, 0.1) is 0 Å². The monoisotopic (exact) mass is 539 g/mol. The molecule has 1 N–H and O–H groups in total. The number of ether oxygens (including phenoxy) is 3. The quantitative estimate of drug-likeness (QED) is 0.230. The minimum atomic E-state index is -0.912. The van der Waals surface area contributed by atoms with Crippen molar-refractivity contribution >= 4 is 39.9 Å². The number of nitrogens with zero attached hydrogens (tertiary/aromatic N) is 1. The Kier molecular flexibility index (Phi) is 8.41. The zero-order valence-corrected chi connectivity index (χ0v) is 22.2. The Labute approximate surface area is 225 Å². The van der Waals surface area contributed by atoms with Crippen molar-refractivity contribution in [2.75, 3.05) is 21.3 Å². The maximum Gasteiger partial charge on any atom is 0.310 e. The van der Waals surface area contributed by atoms with Crippen molar-refractivity contribution in [2.24, 2.45) is 0 Å². The number of carbonyl (C=O) groups is 1. The summed E-state index contributed by atoms with van der Waals surface area (Å²) in [5, 5.41) is 13.1. The second-order valence-electron chi connectivity index (χ2n) is 8.70. The van der Waals surface area contributed by atoms with E-state index in [-0.39, 0.29) is 5.92 Å². The van der Waals surface area contributed by atoms with Gasteiger partial charge in [0.05, 0.1) is 37.3 Å². The molecule has 0 fully saturated rings. The van der Waals surface area contributed by atoms with Gasteiger partial charge in [0, 0.05) is 12.4 Å². The average molecular weight is 540 g/mol. The number of hydrogen-bond donors (Lipinski definition) is 1. The van der Waals surface area contributed by atoms with E-state index < -0.39 is 11.9 Å². The van der Waals surface area contributed by atoms with E-state index in [9.17, 15) is 9.90 Å². The fraction of sp³-hybridized carbons (Fsp3) is 0.241. The summed E-state index contributed by atoms with van der Waals surface area (Å²) in [4.78, 5) is 16.6. The molecule has 0 aliphatic heterocycles. The summed E-state index contributed by atoms with van der Waals surface area (Å²) >= 11 is 12.9. The van der Waals surface area contributed by atoms with Crippen molar-refractivity contribution < 1.29 is 24.1 Å². The van der Waals surface area contributed by atoms with Crippen molar-refractivity contribution in [1.82, 2.24) is 4.98 Å². The number of hydrogen-bond acceptors (Lipinski definition) is 5. The summed E-state index contributed by atoms with van der Waals surface area (Å²) in [6, 6.07) is 17.0. The molecule has 0 bridgehead atoms. The van der Waals surface area contributed by atoms with Crippen LogP contribution in [0.15, 0.2) is 67.0 Å². The van der Waals surface area contributed by atoms with Crippen LogP contribution >= 0.6 is 23.2 Å². The van der Waals surface area contributed by atoms with Crippen LogP contribution in [0.25, 0.3) is 10.8 Å². The molecule has 0 amide bonds. The van der Waals surface area contributed by atoms with Crippen LogP contribution in [0.5, 0.6) is 17.2 Å². The molecular weight excluding hydrogens is 513 g/mol. The first-order chi connectivity index (χ1) is 17.8. The molecule has 1 aromatic heterocycles. The standard InChI is InChI=1S/C29H27Cl2NO5/c1-35-22-8-6-17-10-20(5-4-18(17)11-22)23(29(33)34)12-21(13-24-25(30)15-32-16-26(24)31)19-7-9-27(36-2)28(14-19)37-3/h4-11,14-16,21,23H,12-13H2,1-3H3,(H,33,34)/t21-,23+/m0/s1. The molecule has 6 nitrogen and oxygen atoms in total. The van der Waals surface area contributed by atoms with Gasteiger partial charge in [0.2, 0.25) is 0 Å². The summed E-state index contributed by atoms with van der Waals surface area (Å²) in [5.74, 6) is -0.0399. The topological polar surface area (TPSA) is 77.9 Å². The molecule has 0 saturated carbocycles.